The molecule has 0 unspecified atom stereocenters. The van der Waals surface area contributed by atoms with Gasteiger partial charge in [0.05, 0.1) is 11.2 Å². The van der Waals surface area contributed by atoms with Gasteiger partial charge in [-0.3, -0.25) is 0 Å². The van der Waals surface area contributed by atoms with Crippen LogP contribution in [0.15, 0.2) is 22.7 Å². The number of hydrogen-bond acceptors (Lipinski definition) is 2. The van der Waals surface area contributed by atoms with Crippen molar-refractivity contribution in [1.29, 1.82) is 0 Å². The average molecular weight is 366 g/mol. The normalized spacial score (nSPS) is 19.1. The Balaban J connectivity index is 2.06. The number of anilines is 1. The molecular weight excluding hydrogens is 347 g/mol. The van der Waals surface area contributed by atoms with Crippen LogP contribution in [0.25, 0.3) is 0 Å². The van der Waals surface area contributed by atoms with E-state index in [1.807, 2.05) is 0 Å². The van der Waals surface area contributed by atoms with E-state index in [2.05, 4.69) is 21.2 Å². The summed E-state index contributed by atoms with van der Waals surface area (Å²) in [7, 11) is 0. The molecule has 2 nitrogen and oxygen atoms in total. The zero-order valence-corrected chi connectivity index (χ0v) is 13.2. The first-order valence-corrected chi connectivity index (χ1v) is 7.92. The molecule has 0 aromatic heterocycles. The van der Waals surface area contributed by atoms with Gasteiger partial charge in [0.15, 0.2) is 0 Å². The zero-order chi connectivity index (χ0) is 15.5. The van der Waals surface area contributed by atoms with Gasteiger partial charge >= 0.3 is 6.18 Å². The van der Waals surface area contributed by atoms with Crippen molar-refractivity contribution in [2.75, 3.05) is 11.9 Å². The second-order valence-electron chi connectivity index (χ2n) is 5.68. The first-order chi connectivity index (χ1) is 9.80. The lowest BCUT2D eigenvalue weighted by molar-refractivity contribution is -0.138. The van der Waals surface area contributed by atoms with E-state index in [4.69, 9.17) is 0 Å². The largest absolute Gasteiger partial charge is 0.417 e. The van der Waals surface area contributed by atoms with Crippen LogP contribution < -0.4 is 5.32 Å². The van der Waals surface area contributed by atoms with Crippen molar-refractivity contribution in [3.05, 3.63) is 28.2 Å². The standard InChI is InChI=1S/C15H19BrF3NO/c16-13-6-5-11(9-12(13)15(17,18)19)20-10-14(21)7-3-1-2-4-8-14/h5-6,9,20-21H,1-4,7-8,10H2. The summed E-state index contributed by atoms with van der Waals surface area (Å²) < 4.78 is 38.6. The highest BCUT2D eigenvalue weighted by Crippen LogP contribution is 2.36. The molecule has 1 aromatic carbocycles. The Morgan fingerprint density at radius 1 is 1.14 bits per heavy atom. The van der Waals surface area contributed by atoms with Gasteiger partial charge in [0.25, 0.3) is 0 Å². The molecule has 6 heteroatoms. The van der Waals surface area contributed by atoms with Crippen LogP contribution in [0.3, 0.4) is 0 Å². The molecule has 1 saturated carbocycles. The molecule has 0 amide bonds. The molecule has 0 aliphatic heterocycles. The van der Waals surface area contributed by atoms with Gasteiger partial charge in [-0.15, -0.1) is 0 Å². The number of hydrogen-bond donors (Lipinski definition) is 2. The predicted octanol–water partition coefficient (Wildman–Crippen LogP) is 4.97. The van der Waals surface area contributed by atoms with E-state index in [0.717, 1.165) is 31.7 Å². The second kappa shape index (κ2) is 6.57. The SMILES string of the molecule is OC1(CNc2ccc(Br)c(C(F)(F)F)c2)CCCCCC1. The quantitative estimate of drug-likeness (QED) is 0.741. The van der Waals surface area contributed by atoms with Gasteiger partial charge in [-0.05, 0) is 31.0 Å². The highest BCUT2D eigenvalue weighted by molar-refractivity contribution is 9.10. The lowest BCUT2D eigenvalue weighted by Crippen LogP contribution is -2.36. The molecule has 1 aliphatic carbocycles. The van der Waals surface area contributed by atoms with E-state index < -0.39 is 17.3 Å². The Kier molecular flexibility index (Phi) is 5.20. The van der Waals surface area contributed by atoms with Crippen molar-refractivity contribution in [1.82, 2.24) is 0 Å². The fourth-order valence-electron chi connectivity index (χ4n) is 2.68. The average Bonchev–Trinajstić information content (AvgIpc) is 2.62. The molecule has 1 aliphatic rings. The summed E-state index contributed by atoms with van der Waals surface area (Å²) in [5.41, 5.74) is -1.15. The van der Waals surface area contributed by atoms with Gasteiger partial charge in [-0.2, -0.15) is 13.2 Å². The maximum Gasteiger partial charge on any atom is 0.417 e. The van der Waals surface area contributed by atoms with Gasteiger partial charge in [-0.1, -0.05) is 41.6 Å². The Morgan fingerprint density at radius 3 is 2.33 bits per heavy atom. The Hall–Kier alpha value is -0.750. The summed E-state index contributed by atoms with van der Waals surface area (Å²) in [6, 6.07) is 4.03. The minimum atomic E-state index is -4.39. The first-order valence-electron chi connectivity index (χ1n) is 7.13. The van der Waals surface area contributed by atoms with Crippen LogP contribution in [0, 0.1) is 0 Å². The highest BCUT2D eigenvalue weighted by Gasteiger charge is 2.33. The third-order valence-electron chi connectivity index (χ3n) is 3.93. The monoisotopic (exact) mass is 365 g/mol. The van der Waals surface area contributed by atoms with Crippen molar-refractivity contribution in [3.8, 4) is 0 Å². The van der Waals surface area contributed by atoms with Crippen LogP contribution in [-0.4, -0.2) is 17.3 Å². The van der Waals surface area contributed by atoms with E-state index in [-0.39, 0.29) is 11.0 Å². The summed E-state index contributed by atoms with van der Waals surface area (Å²) in [5, 5.41) is 13.5. The molecule has 2 N–H and O–H groups in total. The first kappa shape index (κ1) is 16.6. The summed E-state index contributed by atoms with van der Waals surface area (Å²) in [6.45, 7) is 0.284. The molecule has 2 rings (SSSR count). The van der Waals surface area contributed by atoms with E-state index in [9.17, 15) is 18.3 Å². The second-order valence-corrected chi connectivity index (χ2v) is 6.54. The van der Waals surface area contributed by atoms with Crippen molar-refractivity contribution in [3.63, 3.8) is 0 Å². The number of benzene rings is 1. The van der Waals surface area contributed by atoms with Crippen LogP contribution in [-0.2, 0) is 6.18 Å². The number of nitrogens with one attached hydrogen (secondary N) is 1. The molecule has 0 saturated heterocycles. The fourth-order valence-corrected chi connectivity index (χ4v) is 3.15. The van der Waals surface area contributed by atoms with Gasteiger partial charge < -0.3 is 10.4 Å². The topological polar surface area (TPSA) is 32.3 Å². The predicted molar refractivity (Wildman–Crippen MR) is 80.3 cm³/mol. The maximum atomic E-state index is 12.8. The van der Waals surface area contributed by atoms with Crippen molar-refractivity contribution in [2.45, 2.75) is 50.3 Å². The summed E-state index contributed by atoms with van der Waals surface area (Å²) >= 11 is 2.92. The molecule has 0 atom stereocenters. The van der Waals surface area contributed by atoms with Crippen molar-refractivity contribution < 1.29 is 18.3 Å². The Labute approximate surface area is 130 Å². The number of aliphatic hydroxyl groups is 1. The van der Waals surface area contributed by atoms with Crippen LogP contribution in [0.5, 0.6) is 0 Å². The fraction of sp³-hybridized carbons (Fsp3) is 0.600. The van der Waals surface area contributed by atoms with E-state index >= 15 is 0 Å². The molecule has 0 heterocycles. The number of rotatable bonds is 3. The van der Waals surface area contributed by atoms with E-state index in [1.165, 1.54) is 6.07 Å². The molecule has 0 spiro atoms. The molecule has 118 valence electrons. The van der Waals surface area contributed by atoms with Gasteiger partial charge in [0, 0.05) is 16.7 Å². The minimum absolute atomic E-state index is 0.0220. The van der Waals surface area contributed by atoms with E-state index in [1.54, 1.807) is 6.07 Å². The van der Waals surface area contributed by atoms with Gasteiger partial charge in [0.2, 0.25) is 0 Å². The number of alkyl halides is 3. The summed E-state index contributed by atoms with van der Waals surface area (Å²) in [5.74, 6) is 0. The van der Waals surface area contributed by atoms with Crippen LogP contribution in [0.2, 0.25) is 0 Å². The number of halogens is 4. The zero-order valence-electron chi connectivity index (χ0n) is 11.6. The van der Waals surface area contributed by atoms with Gasteiger partial charge in [-0.25, -0.2) is 0 Å². The lowest BCUT2D eigenvalue weighted by atomic mass is 9.94. The molecule has 1 aromatic rings. The van der Waals surface area contributed by atoms with Crippen molar-refractivity contribution in [2.24, 2.45) is 0 Å². The third-order valence-corrected chi connectivity index (χ3v) is 4.62. The summed E-state index contributed by atoms with van der Waals surface area (Å²) in [4.78, 5) is 0. The Bertz CT molecular complexity index is 482. The minimum Gasteiger partial charge on any atom is -0.388 e. The van der Waals surface area contributed by atoms with Crippen molar-refractivity contribution >= 4 is 21.6 Å². The van der Waals surface area contributed by atoms with Crippen LogP contribution in [0.1, 0.15) is 44.1 Å². The molecule has 0 radical (unpaired) electrons. The highest BCUT2D eigenvalue weighted by atomic mass is 79.9. The maximum absolute atomic E-state index is 12.8. The summed E-state index contributed by atoms with van der Waals surface area (Å²) in [6.07, 6.45) is 1.15. The molecule has 21 heavy (non-hydrogen) atoms. The van der Waals surface area contributed by atoms with E-state index in [0.29, 0.717) is 18.5 Å². The van der Waals surface area contributed by atoms with Crippen LogP contribution in [0.4, 0.5) is 18.9 Å². The molecule has 0 bridgehead atoms. The van der Waals surface area contributed by atoms with Gasteiger partial charge in [0.1, 0.15) is 0 Å². The molecular formula is C15H19BrF3NO. The van der Waals surface area contributed by atoms with Crippen LogP contribution >= 0.6 is 15.9 Å². The molecule has 1 fully saturated rings. The third kappa shape index (κ3) is 4.61. The smallest absolute Gasteiger partial charge is 0.388 e. The lowest BCUT2D eigenvalue weighted by Gasteiger charge is -2.27. The Morgan fingerprint density at radius 2 is 1.76 bits per heavy atom.